The molecule has 0 bridgehead atoms. The average Bonchev–Trinajstić information content (AvgIpc) is 2.71. The van der Waals surface area contributed by atoms with Crippen LogP contribution < -0.4 is 0 Å². The summed E-state index contributed by atoms with van der Waals surface area (Å²) >= 11 is 0. The first kappa shape index (κ1) is 13.4. The van der Waals surface area contributed by atoms with Gasteiger partial charge in [0.1, 0.15) is 12.6 Å². The summed E-state index contributed by atoms with van der Waals surface area (Å²) in [5.41, 5.74) is 0.958. The lowest BCUT2D eigenvalue weighted by Gasteiger charge is -2.24. The minimum Gasteiger partial charge on any atom is -0.445 e. The van der Waals surface area contributed by atoms with Gasteiger partial charge >= 0.3 is 6.09 Å². The van der Waals surface area contributed by atoms with Crippen molar-refractivity contribution in [2.24, 2.45) is 0 Å². The van der Waals surface area contributed by atoms with Gasteiger partial charge in [-0.15, -0.1) is 0 Å². The molecule has 1 amide bonds. The second-order valence-electron chi connectivity index (χ2n) is 4.73. The summed E-state index contributed by atoms with van der Waals surface area (Å²) in [5, 5.41) is 9.12. The SMILES string of the molecule is N#CC1CCCCCN1C(=O)OCc1ccccc1. The number of hydrogen-bond acceptors (Lipinski definition) is 3. The second kappa shape index (κ2) is 6.79. The standard InChI is InChI=1S/C15H18N2O2/c16-11-14-9-5-2-6-10-17(14)15(18)19-12-13-7-3-1-4-8-13/h1,3-4,7-8,14H,2,5-6,9-10,12H2. The maximum Gasteiger partial charge on any atom is 0.411 e. The highest BCUT2D eigenvalue weighted by molar-refractivity contribution is 5.68. The molecule has 4 nitrogen and oxygen atoms in total. The fourth-order valence-electron chi connectivity index (χ4n) is 2.26. The molecule has 0 radical (unpaired) electrons. The molecular formula is C15H18N2O2. The minimum absolute atomic E-state index is 0.258. The van der Waals surface area contributed by atoms with Gasteiger partial charge in [-0.05, 0) is 18.4 Å². The molecule has 19 heavy (non-hydrogen) atoms. The number of rotatable bonds is 2. The van der Waals surface area contributed by atoms with Crippen LogP contribution in [-0.4, -0.2) is 23.6 Å². The fourth-order valence-corrected chi connectivity index (χ4v) is 2.26. The lowest BCUT2D eigenvalue weighted by atomic mass is 10.1. The van der Waals surface area contributed by atoms with Crippen LogP contribution in [0.15, 0.2) is 30.3 Å². The van der Waals surface area contributed by atoms with Crippen LogP contribution in [0.3, 0.4) is 0 Å². The number of carbonyl (C=O) groups is 1. The van der Waals surface area contributed by atoms with Gasteiger partial charge < -0.3 is 4.74 Å². The van der Waals surface area contributed by atoms with E-state index in [1.165, 1.54) is 0 Å². The van der Waals surface area contributed by atoms with E-state index in [0.29, 0.717) is 6.54 Å². The normalized spacial score (nSPS) is 19.3. The smallest absolute Gasteiger partial charge is 0.411 e. The molecule has 1 aromatic rings. The van der Waals surface area contributed by atoms with Gasteiger partial charge in [-0.25, -0.2) is 4.79 Å². The van der Waals surface area contributed by atoms with Crippen molar-refractivity contribution in [2.75, 3.05) is 6.54 Å². The van der Waals surface area contributed by atoms with E-state index in [1.807, 2.05) is 30.3 Å². The highest BCUT2D eigenvalue weighted by Crippen LogP contribution is 2.17. The first-order valence-electron chi connectivity index (χ1n) is 6.68. The molecule has 0 saturated carbocycles. The number of hydrogen-bond donors (Lipinski definition) is 0. The first-order valence-corrected chi connectivity index (χ1v) is 6.68. The van der Waals surface area contributed by atoms with Gasteiger partial charge in [0.25, 0.3) is 0 Å². The van der Waals surface area contributed by atoms with Crippen LogP contribution >= 0.6 is 0 Å². The van der Waals surface area contributed by atoms with Gasteiger partial charge in [0, 0.05) is 6.54 Å². The highest BCUT2D eigenvalue weighted by Gasteiger charge is 2.26. The summed E-state index contributed by atoms with van der Waals surface area (Å²) in [4.78, 5) is 13.6. The van der Waals surface area contributed by atoms with Gasteiger partial charge in [0.2, 0.25) is 0 Å². The number of likely N-dealkylation sites (tertiary alicyclic amines) is 1. The highest BCUT2D eigenvalue weighted by atomic mass is 16.6. The van der Waals surface area contributed by atoms with E-state index < -0.39 is 0 Å². The Bertz CT molecular complexity index is 453. The topological polar surface area (TPSA) is 53.3 Å². The Morgan fingerprint density at radius 1 is 1.32 bits per heavy atom. The lowest BCUT2D eigenvalue weighted by molar-refractivity contribution is 0.0893. The summed E-state index contributed by atoms with van der Waals surface area (Å²) in [7, 11) is 0. The van der Waals surface area contributed by atoms with Crippen molar-refractivity contribution in [3.05, 3.63) is 35.9 Å². The van der Waals surface area contributed by atoms with Crippen molar-refractivity contribution in [1.82, 2.24) is 4.90 Å². The van der Waals surface area contributed by atoms with Gasteiger partial charge in [0.05, 0.1) is 6.07 Å². The molecule has 0 aromatic heterocycles. The van der Waals surface area contributed by atoms with Crippen LogP contribution in [0.5, 0.6) is 0 Å². The van der Waals surface area contributed by atoms with Gasteiger partial charge in [-0.2, -0.15) is 5.26 Å². The number of amides is 1. The van der Waals surface area contributed by atoms with Crippen molar-refractivity contribution in [3.63, 3.8) is 0 Å². The van der Waals surface area contributed by atoms with Crippen molar-refractivity contribution in [2.45, 2.75) is 38.3 Å². The zero-order chi connectivity index (χ0) is 13.5. The third-order valence-electron chi connectivity index (χ3n) is 3.34. The van der Waals surface area contributed by atoms with Crippen LogP contribution in [0.1, 0.15) is 31.2 Å². The molecule has 1 heterocycles. The number of ether oxygens (including phenoxy) is 1. The molecule has 1 aromatic carbocycles. The maximum atomic E-state index is 12.0. The van der Waals surface area contributed by atoms with Crippen molar-refractivity contribution >= 4 is 6.09 Å². The summed E-state index contributed by atoms with van der Waals surface area (Å²) in [6.07, 6.45) is 3.38. The minimum atomic E-state index is -0.377. The lowest BCUT2D eigenvalue weighted by Crippen LogP contribution is -2.39. The monoisotopic (exact) mass is 258 g/mol. The third kappa shape index (κ3) is 3.72. The predicted octanol–water partition coefficient (Wildman–Crippen LogP) is 3.09. The number of benzene rings is 1. The summed E-state index contributed by atoms with van der Waals surface area (Å²) in [6.45, 7) is 0.875. The van der Waals surface area contributed by atoms with E-state index in [9.17, 15) is 4.79 Å². The van der Waals surface area contributed by atoms with Crippen molar-refractivity contribution in [1.29, 1.82) is 5.26 Å². The largest absolute Gasteiger partial charge is 0.445 e. The molecule has 4 heteroatoms. The summed E-state index contributed by atoms with van der Waals surface area (Å²) < 4.78 is 5.29. The molecule has 1 aliphatic rings. The molecule has 2 rings (SSSR count). The fraction of sp³-hybridized carbons (Fsp3) is 0.467. The van der Waals surface area contributed by atoms with E-state index in [1.54, 1.807) is 4.90 Å². The molecule has 1 atom stereocenters. The van der Waals surface area contributed by atoms with E-state index in [4.69, 9.17) is 10.00 Å². The first-order chi connectivity index (χ1) is 9.31. The predicted molar refractivity (Wildman–Crippen MR) is 71.2 cm³/mol. The Kier molecular flexibility index (Phi) is 4.79. The second-order valence-corrected chi connectivity index (χ2v) is 4.73. The molecule has 1 saturated heterocycles. The van der Waals surface area contributed by atoms with Gasteiger partial charge in [-0.3, -0.25) is 4.90 Å². The number of nitrogens with zero attached hydrogens (tertiary/aromatic N) is 2. The average molecular weight is 258 g/mol. The molecule has 0 spiro atoms. The molecule has 0 N–H and O–H groups in total. The zero-order valence-corrected chi connectivity index (χ0v) is 10.9. The number of nitriles is 1. The van der Waals surface area contributed by atoms with Gasteiger partial charge in [0.15, 0.2) is 0 Å². The Balaban J connectivity index is 1.92. The molecule has 0 aliphatic carbocycles. The molecule has 1 aliphatic heterocycles. The van der Waals surface area contributed by atoms with Crippen LogP contribution in [0.25, 0.3) is 0 Å². The molecular weight excluding hydrogens is 240 g/mol. The van der Waals surface area contributed by atoms with E-state index >= 15 is 0 Å². The Morgan fingerprint density at radius 2 is 2.11 bits per heavy atom. The summed E-state index contributed by atoms with van der Waals surface area (Å²) in [5.74, 6) is 0. The van der Waals surface area contributed by atoms with Crippen LogP contribution in [0.2, 0.25) is 0 Å². The quantitative estimate of drug-likeness (QED) is 0.819. The Labute approximate surface area is 113 Å². The molecule has 1 fully saturated rings. The van der Waals surface area contributed by atoms with E-state index in [-0.39, 0.29) is 18.7 Å². The summed E-state index contributed by atoms with van der Waals surface area (Å²) in [6, 6.07) is 11.4. The Morgan fingerprint density at radius 3 is 2.84 bits per heavy atom. The Hall–Kier alpha value is -2.02. The van der Waals surface area contributed by atoms with Crippen molar-refractivity contribution in [3.8, 4) is 6.07 Å². The van der Waals surface area contributed by atoms with E-state index in [0.717, 1.165) is 31.2 Å². The van der Waals surface area contributed by atoms with Crippen LogP contribution in [0.4, 0.5) is 4.79 Å². The maximum absolute atomic E-state index is 12.0. The van der Waals surface area contributed by atoms with Crippen molar-refractivity contribution < 1.29 is 9.53 Å². The molecule has 100 valence electrons. The van der Waals surface area contributed by atoms with Crippen LogP contribution in [0, 0.1) is 11.3 Å². The van der Waals surface area contributed by atoms with Crippen LogP contribution in [-0.2, 0) is 11.3 Å². The van der Waals surface area contributed by atoms with E-state index in [2.05, 4.69) is 6.07 Å². The van der Waals surface area contributed by atoms with Gasteiger partial charge in [-0.1, -0.05) is 43.2 Å². The number of carbonyl (C=O) groups excluding carboxylic acids is 1. The zero-order valence-electron chi connectivity index (χ0n) is 10.9. The molecule has 1 unspecified atom stereocenters. The third-order valence-corrected chi connectivity index (χ3v) is 3.34.